The van der Waals surface area contributed by atoms with Crippen molar-refractivity contribution in [3.63, 3.8) is 0 Å². The number of rotatable bonds is 3. The second-order valence-corrected chi connectivity index (χ2v) is 9.52. The molecule has 8 nitrogen and oxygen atoms in total. The van der Waals surface area contributed by atoms with Crippen LogP contribution in [0, 0.1) is 6.92 Å². The minimum absolute atomic E-state index is 0.0390. The Kier molecular flexibility index (Phi) is 9.68. The summed E-state index contributed by atoms with van der Waals surface area (Å²) in [5, 5.41) is 3.91. The molecule has 4 rings (SSSR count). The lowest BCUT2D eigenvalue weighted by Crippen LogP contribution is -2.13. The molecule has 1 aliphatic rings. The van der Waals surface area contributed by atoms with Crippen LogP contribution < -0.4 is 20.5 Å². The van der Waals surface area contributed by atoms with E-state index >= 15 is 0 Å². The zero-order chi connectivity index (χ0) is 27.8. The molecule has 0 amide bonds. The molecule has 2 heterocycles. The minimum Gasteiger partial charge on any atom is -0.490 e. The molecule has 0 spiro atoms. The summed E-state index contributed by atoms with van der Waals surface area (Å²) in [6, 6.07) is 6.64. The van der Waals surface area contributed by atoms with Crippen molar-refractivity contribution in [3.8, 4) is 11.5 Å². The fraction of sp³-hybridized carbons (Fsp3) is 0.500. The minimum atomic E-state index is -4.50. The van der Waals surface area contributed by atoms with Crippen molar-refractivity contribution in [2.24, 2.45) is 0 Å². The highest BCUT2D eigenvalue weighted by atomic mass is 19.4. The van der Waals surface area contributed by atoms with E-state index in [4.69, 9.17) is 24.7 Å². The number of aryl methyl sites for hydroxylation is 1. The van der Waals surface area contributed by atoms with Gasteiger partial charge in [0.2, 0.25) is 0 Å². The second-order valence-electron chi connectivity index (χ2n) is 9.52. The van der Waals surface area contributed by atoms with Crippen molar-refractivity contribution in [3.05, 3.63) is 47.3 Å². The van der Waals surface area contributed by atoms with Crippen molar-refractivity contribution in [2.75, 3.05) is 50.7 Å². The molecular formula is C28H35F3N4O4. The molecule has 0 fully saturated rings. The lowest BCUT2D eigenvalue weighted by atomic mass is 10.0. The van der Waals surface area contributed by atoms with Crippen LogP contribution in [0.4, 0.5) is 24.7 Å². The van der Waals surface area contributed by atoms with Crippen LogP contribution in [0.25, 0.3) is 10.9 Å². The topological polar surface area (TPSA) is 101 Å². The van der Waals surface area contributed by atoms with Crippen LogP contribution in [-0.4, -0.2) is 49.6 Å². The first kappa shape index (κ1) is 28.7. The maximum absolute atomic E-state index is 13.4. The van der Waals surface area contributed by atoms with Crippen molar-refractivity contribution >= 4 is 22.4 Å². The molecule has 3 N–H and O–H groups in total. The van der Waals surface area contributed by atoms with Gasteiger partial charge >= 0.3 is 6.18 Å². The Bertz CT molecular complexity index is 1260. The second kappa shape index (κ2) is 13.2. The van der Waals surface area contributed by atoms with Gasteiger partial charge in [0.05, 0.1) is 43.5 Å². The summed E-state index contributed by atoms with van der Waals surface area (Å²) in [6.07, 6.45) is -0.572. The number of nitrogens with one attached hydrogen (secondary N) is 1. The summed E-state index contributed by atoms with van der Waals surface area (Å²) in [5.41, 5.74) is 6.04. The van der Waals surface area contributed by atoms with Crippen LogP contribution in [0.2, 0.25) is 0 Å². The maximum atomic E-state index is 13.4. The normalized spacial score (nSPS) is 17.1. The van der Waals surface area contributed by atoms with Gasteiger partial charge in [0.1, 0.15) is 18.2 Å². The van der Waals surface area contributed by atoms with Gasteiger partial charge in [-0.15, -0.1) is 0 Å². The van der Waals surface area contributed by atoms with Gasteiger partial charge in [0.15, 0.2) is 11.5 Å². The first-order valence-electron chi connectivity index (χ1n) is 13.2. The van der Waals surface area contributed by atoms with Crippen LogP contribution >= 0.6 is 0 Å². The molecule has 11 heteroatoms. The Morgan fingerprint density at radius 1 is 0.821 bits per heavy atom. The molecule has 212 valence electrons. The monoisotopic (exact) mass is 548 g/mol. The molecule has 0 saturated heterocycles. The van der Waals surface area contributed by atoms with Gasteiger partial charge in [-0.1, -0.05) is 6.42 Å². The molecule has 1 aromatic heterocycles. The van der Waals surface area contributed by atoms with Crippen LogP contribution in [0.3, 0.4) is 0 Å². The zero-order valence-electron chi connectivity index (χ0n) is 22.3. The van der Waals surface area contributed by atoms with Gasteiger partial charge in [-0.2, -0.15) is 13.2 Å². The first-order valence-corrected chi connectivity index (χ1v) is 13.2. The summed E-state index contributed by atoms with van der Waals surface area (Å²) in [6.45, 7) is 6.52. The Morgan fingerprint density at radius 3 is 2.26 bits per heavy atom. The fourth-order valence-electron chi connectivity index (χ4n) is 4.34. The Hall–Kier alpha value is -3.31. The summed E-state index contributed by atoms with van der Waals surface area (Å²) in [4.78, 5) is 9.11. The molecule has 39 heavy (non-hydrogen) atoms. The Morgan fingerprint density at radius 2 is 1.49 bits per heavy atom. The average Bonchev–Trinajstić information content (AvgIpc) is 2.87. The maximum Gasteiger partial charge on any atom is 0.416 e. The number of hydrogen-bond donors (Lipinski definition) is 2. The fourth-order valence-corrected chi connectivity index (χ4v) is 4.34. The SMILES string of the molecule is Cc1nc(NC(C)c2cc(N)cc(C(F)(F)F)c2)c2cc3c(cc2n1)OCCOCCOCCCCCCO3. The summed E-state index contributed by atoms with van der Waals surface area (Å²) in [5.74, 6) is 2.06. The summed E-state index contributed by atoms with van der Waals surface area (Å²) >= 11 is 0. The summed E-state index contributed by atoms with van der Waals surface area (Å²) < 4.78 is 63.4. The van der Waals surface area contributed by atoms with Crippen LogP contribution in [-0.2, 0) is 15.7 Å². The third-order valence-electron chi connectivity index (χ3n) is 6.33. The molecule has 1 aliphatic heterocycles. The number of alkyl halides is 3. The van der Waals surface area contributed by atoms with Gasteiger partial charge in [-0.3, -0.25) is 0 Å². The van der Waals surface area contributed by atoms with E-state index in [2.05, 4.69) is 15.3 Å². The molecule has 0 bridgehead atoms. The number of anilines is 2. The van der Waals surface area contributed by atoms with Crippen molar-refractivity contribution in [1.82, 2.24) is 9.97 Å². The van der Waals surface area contributed by atoms with Gasteiger partial charge in [-0.25, -0.2) is 9.97 Å². The van der Waals surface area contributed by atoms with Gasteiger partial charge in [0, 0.05) is 23.7 Å². The van der Waals surface area contributed by atoms with Crippen molar-refractivity contribution < 1.29 is 32.1 Å². The molecule has 1 atom stereocenters. The van der Waals surface area contributed by atoms with E-state index in [1.807, 2.05) is 6.07 Å². The third-order valence-corrected chi connectivity index (χ3v) is 6.33. The number of nitrogens with zero attached hydrogens (tertiary/aromatic N) is 2. The predicted molar refractivity (Wildman–Crippen MR) is 143 cm³/mol. The molecule has 0 radical (unpaired) electrons. The number of benzene rings is 2. The zero-order valence-corrected chi connectivity index (χ0v) is 22.3. The van der Waals surface area contributed by atoms with E-state index in [0.29, 0.717) is 72.6 Å². The highest BCUT2D eigenvalue weighted by Gasteiger charge is 2.31. The van der Waals surface area contributed by atoms with Crippen LogP contribution in [0.1, 0.15) is 55.6 Å². The predicted octanol–water partition coefficient (Wildman–Crippen LogP) is 6.08. The third kappa shape index (κ3) is 8.09. The van der Waals surface area contributed by atoms with E-state index in [-0.39, 0.29) is 5.69 Å². The standard InChI is InChI=1S/C28H35F3N4O4/c1-18(20-13-21(28(29,30)31)15-22(32)14-20)33-27-23-16-25-26(17-24(23)34-19(2)35-27)39-12-11-37-10-9-36-7-5-3-4-6-8-38-25/h13-18H,3-12,32H2,1-2H3,(H,33,34,35). The number of nitrogens with two attached hydrogens (primary N) is 1. The van der Waals surface area contributed by atoms with Crippen LogP contribution in [0.15, 0.2) is 30.3 Å². The first-order chi connectivity index (χ1) is 18.7. The van der Waals surface area contributed by atoms with Crippen molar-refractivity contribution in [1.29, 1.82) is 0 Å². The lowest BCUT2D eigenvalue weighted by molar-refractivity contribution is -0.137. The highest BCUT2D eigenvalue weighted by molar-refractivity contribution is 5.92. The summed E-state index contributed by atoms with van der Waals surface area (Å²) in [7, 11) is 0. The van der Waals surface area contributed by atoms with Gasteiger partial charge in [-0.05, 0) is 62.9 Å². The molecule has 1 unspecified atom stereocenters. The van der Waals surface area contributed by atoms with Crippen molar-refractivity contribution in [2.45, 2.75) is 51.7 Å². The molecule has 0 aliphatic carbocycles. The quantitative estimate of drug-likeness (QED) is 0.380. The number of ether oxygens (including phenoxy) is 4. The largest absolute Gasteiger partial charge is 0.490 e. The van der Waals surface area contributed by atoms with E-state index < -0.39 is 17.8 Å². The van der Waals surface area contributed by atoms with Gasteiger partial charge < -0.3 is 30.0 Å². The Balaban J connectivity index is 1.62. The number of fused-ring (bicyclic) bond motifs is 2. The van der Waals surface area contributed by atoms with E-state index in [9.17, 15) is 13.2 Å². The number of aromatic nitrogens is 2. The van der Waals surface area contributed by atoms with Crippen LogP contribution in [0.5, 0.6) is 11.5 Å². The molecule has 0 saturated carbocycles. The molecular weight excluding hydrogens is 513 g/mol. The Labute approximate surface area is 226 Å². The lowest BCUT2D eigenvalue weighted by Gasteiger charge is -2.20. The van der Waals surface area contributed by atoms with E-state index in [1.165, 1.54) is 6.07 Å². The van der Waals surface area contributed by atoms with E-state index in [1.54, 1.807) is 19.9 Å². The van der Waals surface area contributed by atoms with E-state index in [0.717, 1.165) is 44.4 Å². The number of hydrogen-bond acceptors (Lipinski definition) is 8. The highest BCUT2D eigenvalue weighted by Crippen LogP contribution is 2.37. The smallest absolute Gasteiger partial charge is 0.416 e. The molecule has 3 aromatic rings. The number of halogens is 3. The molecule has 2 aromatic carbocycles. The van der Waals surface area contributed by atoms with Gasteiger partial charge in [0.25, 0.3) is 0 Å². The number of nitrogen functional groups attached to an aromatic ring is 1. The average molecular weight is 549 g/mol.